The molecule has 4 heteroatoms. The van der Waals surface area contributed by atoms with Gasteiger partial charge in [-0.2, -0.15) is 0 Å². The number of aliphatic hydroxyl groups excluding tert-OH is 2. The van der Waals surface area contributed by atoms with Crippen LogP contribution in [0.1, 0.15) is 21.5 Å². The molecule has 0 aliphatic carbocycles. The van der Waals surface area contributed by atoms with Crippen molar-refractivity contribution in [2.45, 2.75) is 13.8 Å². The minimum absolute atomic E-state index is 0.101. The van der Waals surface area contributed by atoms with Crippen LogP contribution in [0.3, 0.4) is 0 Å². The van der Waals surface area contributed by atoms with E-state index in [1.54, 1.807) is 6.07 Å². The maximum absolute atomic E-state index is 12.1. The minimum atomic E-state index is -0.156. The third kappa shape index (κ3) is 3.54. The molecule has 1 amide bonds. The summed E-state index contributed by atoms with van der Waals surface area (Å²) >= 11 is 0. The molecular weight excluding hydrogens is 218 g/mol. The molecule has 94 valence electrons. The van der Waals surface area contributed by atoms with Gasteiger partial charge in [-0.1, -0.05) is 6.07 Å². The third-order valence-electron chi connectivity index (χ3n) is 2.78. The zero-order chi connectivity index (χ0) is 12.8. The smallest absolute Gasteiger partial charge is 0.254 e. The summed E-state index contributed by atoms with van der Waals surface area (Å²) in [7, 11) is 0. The molecule has 0 unspecified atom stereocenters. The first-order chi connectivity index (χ1) is 8.10. The minimum Gasteiger partial charge on any atom is -0.395 e. The molecule has 1 aromatic rings. The van der Waals surface area contributed by atoms with Crippen molar-refractivity contribution >= 4 is 5.91 Å². The van der Waals surface area contributed by atoms with Crippen molar-refractivity contribution < 1.29 is 15.0 Å². The van der Waals surface area contributed by atoms with Crippen LogP contribution in [0.4, 0.5) is 0 Å². The van der Waals surface area contributed by atoms with Gasteiger partial charge in [0.05, 0.1) is 13.2 Å². The first-order valence-electron chi connectivity index (χ1n) is 5.68. The van der Waals surface area contributed by atoms with Crippen molar-refractivity contribution in [2.75, 3.05) is 26.3 Å². The number of carbonyl (C=O) groups excluding carboxylic acids is 1. The van der Waals surface area contributed by atoms with Gasteiger partial charge < -0.3 is 15.1 Å². The summed E-state index contributed by atoms with van der Waals surface area (Å²) in [5, 5.41) is 17.8. The van der Waals surface area contributed by atoms with Gasteiger partial charge in [0, 0.05) is 18.7 Å². The Bertz CT molecular complexity index is 384. The molecule has 0 saturated heterocycles. The molecule has 1 aromatic carbocycles. The molecule has 0 aromatic heterocycles. The highest BCUT2D eigenvalue weighted by Gasteiger charge is 2.14. The fraction of sp³-hybridized carbons (Fsp3) is 0.462. The maximum atomic E-state index is 12.1. The number of nitrogens with zero attached hydrogens (tertiary/aromatic N) is 1. The lowest BCUT2D eigenvalue weighted by Crippen LogP contribution is -2.35. The van der Waals surface area contributed by atoms with Crippen molar-refractivity contribution in [2.24, 2.45) is 0 Å². The van der Waals surface area contributed by atoms with Crippen LogP contribution >= 0.6 is 0 Å². The maximum Gasteiger partial charge on any atom is 0.254 e. The van der Waals surface area contributed by atoms with Gasteiger partial charge in [0.1, 0.15) is 0 Å². The third-order valence-corrected chi connectivity index (χ3v) is 2.78. The van der Waals surface area contributed by atoms with E-state index in [0.29, 0.717) is 5.56 Å². The number of benzene rings is 1. The van der Waals surface area contributed by atoms with Crippen molar-refractivity contribution in [3.63, 3.8) is 0 Å². The molecule has 0 aliphatic heterocycles. The summed E-state index contributed by atoms with van der Waals surface area (Å²) in [5.74, 6) is -0.156. The number of rotatable bonds is 5. The van der Waals surface area contributed by atoms with Crippen molar-refractivity contribution in [3.05, 3.63) is 34.9 Å². The number of amides is 1. The Morgan fingerprint density at radius 1 is 1.12 bits per heavy atom. The van der Waals surface area contributed by atoms with E-state index in [9.17, 15) is 4.79 Å². The summed E-state index contributed by atoms with van der Waals surface area (Å²) in [4.78, 5) is 13.5. The molecule has 0 fully saturated rings. The van der Waals surface area contributed by atoms with Gasteiger partial charge in [-0.25, -0.2) is 0 Å². The van der Waals surface area contributed by atoms with E-state index in [2.05, 4.69) is 0 Å². The van der Waals surface area contributed by atoms with Crippen LogP contribution in [0.2, 0.25) is 0 Å². The predicted molar refractivity (Wildman–Crippen MR) is 66.0 cm³/mol. The fourth-order valence-electron chi connectivity index (χ4n) is 1.61. The van der Waals surface area contributed by atoms with Gasteiger partial charge in [-0.05, 0) is 37.1 Å². The lowest BCUT2D eigenvalue weighted by Gasteiger charge is -2.21. The molecule has 0 spiro atoms. The van der Waals surface area contributed by atoms with Crippen molar-refractivity contribution in [3.8, 4) is 0 Å². The molecule has 17 heavy (non-hydrogen) atoms. The summed E-state index contributed by atoms with van der Waals surface area (Å²) in [6.07, 6.45) is 0. The van der Waals surface area contributed by atoms with Crippen LogP contribution < -0.4 is 0 Å². The number of aryl methyl sites for hydroxylation is 2. The number of hydrogen-bond acceptors (Lipinski definition) is 3. The second kappa shape index (κ2) is 6.37. The Morgan fingerprint density at radius 3 is 2.18 bits per heavy atom. The largest absolute Gasteiger partial charge is 0.395 e. The van der Waals surface area contributed by atoms with E-state index in [1.807, 2.05) is 26.0 Å². The number of aliphatic hydroxyl groups is 2. The first kappa shape index (κ1) is 13.7. The van der Waals surface area contributed by atoms with E-state index < -0.39 is 0 Å². The highest BCUT2D eigenvalue weighted by molar-refractivity contribution is 5.94. The molecule has 4 nitrogen and oxygen atoms in total. The highest BCUT2D eigenvalue weighted by atomic mass is 16.3. The number of hydrogen-bond donors (Lipinski definition) is 2. The van der Waals surface area contributed by atoms with E-state index in [4.69, 9.17) is 10.2 Å². The Morgan fingerprint density at radius 2 is 1.71 bits per heavy atom. The molecule has 0 heterocycles. The quantitative estimate of drug-likeness (QED) is 0.793. The van der Waals surface area contributed by atoms with Gasteiger partial charge in [0.2, 0.25) is 0 Å². The molecule has 0 atom stereocenters. The standard InChI is InChI=1S/C13H19NO3/c1-10-3-4-12(9-11(10)2)13(17)14(5-7-15)6-8-16/h3-4,9,15-16H,5-8H2,1-2H3. The summed E-state index contributed by atoms with van der Waals surface area (Å²) in [6, 6.07) is 5.50. The van der Waals surface area contributed by atoms with Crippen molar-refractivity contribution in [1.82, 2.24) is 4.90 Å². The Balaban J connectivity index is 2.88. The van der Waals surface area contributed by atoms with Gasteiger partial charge in [-0.15, -0.1) is 0 Å². The van der Waals surface area contributed by atoms with E-state index in [1.165, 1.54) is 4.90 Å². The lowest BCUT2D eigenvalue weighted by molar-refractivity contribution is 0.0684. The molecule has 1 rings (SSSR count). The average molecular weight is 237 g/mol. The second-order valence-electron chi connectivity index (χ2n) is 4.04. The topological polar surface area (TPSA) is 60.8 Å². The SMILES string of the molecule is Cc1ccc(C(=O)N(CCO)CCO)cc1C. The van der Waals surface area contributed by atoms with Crippen molar-refractivity contribution in [1.29, 1.82) is 0 Å². The molecule has 0 saturated carbocycles. The van der Waals surface area contributed by atoms with Gasteiger partial charge in [-0.3, -0.25) is 4.79 Å². The van der Waals surface area contributed by atoms with Crippen LogP contribution in [0.15, 0.2) is 18.2 Å². The zero-order valence-corrected chi connectivity index (χ0v) is 10.3. The van der Waals surface area contributed by atoms with Crippen LogP contribution in [0, 0.1) is 13.8 Å². The van der Waals surface area contributed by atoms with Crippen LogP contribution in [0.5, 0.6) is 0 Å². The Labute approximate surface area is 101 Å². The zero-order valence-electron chi connectivity index (χ0n) is 10.3. The Hall–Kier alpha value is -1.39. The predicted octanol–water partition coefficient (Wildman–Crippen LogP) is 0.730. The van der Waals surface area contributed by atoms with Gasteiger partial charge in [0.15, 0.2) is 0 Å². The van der Waals surface area contributed by atoms with E-state index in [-0.39, 0.29) is 32.2 Å². The highest BCUT2D eigenvalue weighted by Crippen LogP contribution is 2.12. The lowest BCUT2D eigenvalue weighted by atomic mass is 10.1. The summed E-state index contributed by atoms with van der Waals surface area (Å²) in [5.41, 5.74) is 2.79. The van der Waals surface area contributed by atoms with E-state index in [0.717, 1.165) is 11.1 Å². The average Bonchev–Trinajstić information content (AvgIpc) is 2.31. The van der Waals surface area contributed by atoms with Crippen LogP contribution in [0.25, 0.3) is 0 Å². The Kier molecular flexibility index (Phi) is 5.12. The van der Waals surface area contributed by atoms with Gasteiger partial charge in [0.25, 0.3) is 5.91 Å². The molecule has 2 N–H and O–H groups in total. The van der Waals surface area contributed by atoms with Crippen LogP contribution in [-0.2, 0) is 0 Å². The second-order valence-corrected chi connectivity index (χ2v) is 4.04. The van der Waals surface area contributed by atoms with Gasteiger partial charge >= 0.3 is 0 Å². The fourth-order valence-corrected chi connectivity index (χ4v) is 1.61. The van der Waals surface area contributed by atoms with E-state index >= 15 is 0 Å². The molecular formula is C13H19NO3. The molecule has 0 radical (unpaired) electrons. The summed E-state index contributed by atoms with van der Waals surface area (Å²) in [6.45, 7) is 4.23. The monoisotopic (exact) mass is 237 g/mol. The van der Waals surface area contributed by atoms with Crippen LogP contribution in [-0.4, -0.2) is 47.3 Å². The first-order valence-corrected chi connectivity index (χ1v) is 5.68. The molecule has 0 aliphatic rings. The number of carbonyl (C=O) groups is 1. The molecule has 0 bridgehead atoms. The normalized spacial score (nSPS) is 10.4. The summed E-state index contributed by atoms with van der Waals surface area (Å²) < 4.78 is 0.